The van der Waals surface area contributed by atoms with Gasteiger partial charge in [-0.05, 0) is 36.8 Å². The highest BCUT2D eigenvalue weighted by Crippen LogP contribution is 2.31. The van der Waals surface area contributed by atoms with Gasteiger partial charge in [-0.3, -0.25) is 0 Å². The van der Waals surface area contributed by atoms with Gasteiger partial charge in [-0.1, -0.05) is 12.1 Å². The van der Waals surface area contributed by atoms with Crippen molar-refractivity contribution in [3.63, 3.8) is 0 Å². The van der Waals surface area contributed by atoms with Crippen molar-refractivity contribution in [2.75, 3.05) is 24.9 Å². The monoisotopic (exact) mass is 336 g/mol. The summed E-state index contributed by atoms with van der Waals surface area (Å²) in [6, 6.07) is 15.5. The molecule has 6 nitrogen and oxygen atoms in total. The van der Waals surface area contributed by atoms with E-state index in [1.54, 1.807) is 14.2 Å². The topological polar surface area (TPSA) is 68.3 Å². The number of anilines is 4. The number of hydrogen-bond acceptors (Lipinski definition) is 6. The zero-order valence-corrected chi connectivity index (χ0v) is 14.4. The smallest absolute Gasteiger partial charge is 0.146 e. The highest BCUT2D eigenvalue weighted by molar-refractivity contribution is 5.68. The number of nitrogens with one attached hydrogen (secondary N) is 2. The van der Waals surface area contributed by atoms with Crippen LogP contribution in [-0.2, 0) is 0 Å². The van der Waals surface area contributed by atoms with Gasteiger partial charge in [0, 0.05) is 17.8 Å². The second-order valence-corrected chi connectivity index (χ2v) is 5.47. The summed E-state index contributed by atoms with van der Waals surface area (Å²) in [6.07, 6.45) is 1.51. The molecule has 0 saturated heterocycles. The van der Waals surface area contributed by atoms with E-state index in [9.17, 15) is 0 Å². The van der Waals surface area contributed by atoms with E-state index in [0.29, 0.717) is 17.4 Å². The summed E-state index contributed by atoms with van der Waals surface area (Å²) < 4.78 is 10.6. The quantitative estimate of drug-likeness (QED) is 0.700. The Balaban J connectivity index is 1.80. The summed E-state index contributed by atoms with van der Waals surface area (Å²) >= 11 is 0. The Morgan fingerprint density at radius 2 is 1.64 bits per heavy atom. The number of aryl methyl sites for hydroxylation is 1. The first-order valence-electron chi connectivity index (χ1n) is 7.83. The second kappa shape index (κ2) is 7.53. The minimum atomic E-state index is 0.661. The maximum Gasteiger partial charge on any atom is 0.146 e. The number of nitrogens with zero attached hydrogens (tertiary/aromatic N) is 2. The lowest BCUT2D eigenvalue weighted by Crippen LogP contribution is -2.00. The van der Waals surface area contributed by atoms with Crippen LogP contribution in [0.4, 0.5) is 23.0 Å². The molecule has 0 radical (unpaired) electrons. The highest BCUT2D eigenvalue weighted by atomic mass is 16.5. The van der Waals surface area contributed by atoms with Crippen molar-refractivity contribution < 1.29 is 9.47 Å². The molecule has 1 aromatic heterocycles. The Morgan fingerprint density at radius 1 is 0.840 bits per heavy atom. The molecule has 3 rings (SSSR count). The maximum atomic E-state index is 5.40. The SMILES string of the molecule is COc1ccc(Nc2cc(Nc3cccc(C)c3)ncn2)c(OC)c1. The van der Waals surface area contributed by atoms with Gasteiger partial charge >= 0.3 is 0 Å². The normalized spacial score (nSPS) is 10.2. The molecule has 0 spiro atoms. The number of methoxy groups -OCH3 is 2. The van der Waals surface area contributed by atoms with Crippen LogP contribution < -0.4 is 20.1 Å². The van der Waals surface area contributed by atoms with Gasteiger partial charge in [0.1, 0.15) is 29.5 Å². The summed E-state index contributed by atoms with van der Waals surface area (Å²) in [4.78, 5) is 8.53. The standard InChI is InChI=1S/C19H20N4O2/c1-13-5-4-6-14(9-13)22-18-11-19(21-12-20-18)23-16-8-7-15(24-2)10-17(16)25-3/h4-12H,1-3H3,(H2,20,21,22,23). The van der Waals surface area contributed by atoms with Crippen LogP contribution in [0.25, 0.3) is 0 Å². The van der Waals surface area contributed by atoms with E-state index in [-0.39, 0.29) is 0 Å². The maximum absolute atomic E-state index is 5.40. The Kier molecular flexibility index (Phi) is 4.99. The van der Waals surface area contributed by atoms with Gasteiger partial charge in [-0.2, -0.15) is 0 Å². The number of benzene rings is 2. The summed E-state index contributed by atoms with van der Waals surface area (Å²) in [7, 11) is 3.24. The Morgan fingerprint density at radius 3 is 2.36 bits per heavy atom. The second-order valence-electron chi connectivity index (χ2n) is 5.47. The number of hydrogen-bond donors (Lipinski definition) is 2. The van der Waals surface area contributed by atoms with Crippen LogP contribution in [0, 0.1) is 6.92 Å². The fraction of sp³-hybridized carbons (Fsp3) is 0.158. The molecule has 0 bridgehead atoms. The fourth-order valence-electron chi connectivity index (χ4n) is 2.40. The average molecular weight is 336 g/mol. The van der Waals surface area contributed by atoms with Crippen LogP contribution in [0.2, 0.25) is 0 Å². The van der Waals surface area contributed by atoms with E-state index < -0.39 is 0 Å². The van der Waals surface area contributed by atoms with E-state index in [4.69, 9.17) is 9.47 Å². The number of rotatable bonds is 6. The predicted molar refractivity (Wildman–Crippen MR) is 99.3 cm³/mol. The lowest BCUT2D eigenvalue weighted by atomic mass is 10.2. The molecular formula is C19H20N4O2. The summed E-state index contributed by atoms with van der Waals surface area (Å²) in [5.41, 5.74) is 2.95. The minimum Gasteiger partial charge on any atom is -0.497 e. The average Bonchev–Trinajstić information content (AvgIpc) is 2.62. The van der Waals surface area contributed by atoms with Crippen LogP contribution in [0.5, 0.6) is 11.5 Å². The third-order valence-electron chi connectivity index (χ3n) is 3.63. The summed E-state index contributed by atoms with van der Waals surface area (Å²) in [5, 5.41) is 6.52. The lowest BCUT2D eigenvalue weighted by Gasteiger charge is -2.13. The largest absolute Gasteiger partial charge is 0.497 e. The first-order valence-corrected chi connectivity index (χ1v) is 7.83. The van der Waals surface area contributed by atoms with Gasteiger partial charge in [-0.15, -0.1) is 0 Å². The first kappa shape index (κ1) is 16.6. The number of aromatic nitrogens is 2. The van der Waals surface area contributed by atoms with Crippen molar-refractivity contribution in [1.29, 1.82) is 0 Å². The van der Waals surface area contributed by atoms with E-state index >= 15 is 0 Å². The molecule has 0 aliphatic rings. The van der Waals surface area contributed by atoms with Gasteiger partial charge in [0.05, 0.1) is 19.9 Å². The van der Waals surface area contributed by atoms with Gasteiger partial charge in [0.15, 0.2) is 0 Å². The van der Waals surface area contributed by atoms with Gasteiger partial charge in [0.2, 0.25) is 0 Å². The van der Waals surface area contributed by atoms with E-state index in [1.165, 1.54) is 11.9 Å². The van der Waals surface area contributed by atoms with Crippen LogP contribution in [0.1, 0.15) is 5.56 Å². The molecule has 6 heteroatoms. The molecule has 1 heterocycles. The van der Waals surface area contributed by atoms with E-state index in [1.807, 2.05) is 49.4 Å². The third kappa shape index (κ3) is 4.17. The molecule has 2 aromatic carbocycles. The molecule has 0 aliphatic carbocycles. The van der Waals surface area contributed by atoms with E-state index in [2.05, 4.69) is 26.7 Å². The van der Waals surface area contributed by atoms with Crippen LogP contribution in [-0.4, -0.2) is 24.2 Å². The van der Waals surface area contributed by atoms with Crippen LogP contribution in [0.3, 0.4) is 0 Å². The lowest BCUT2D eigenvalue weighted by molar-refractivity contribution is 0.395. The Labute approximate surface area is 146 Å². The predicted octanol–water partition coefficient (Wildman–Crippen LogP) is 4.29. The third-order valence-corrected chi connectivity index (χ3v) is 3.63. The molecule has 128 valence electrons. The van der Waals surface area contributed by atoms with Crippen LogP contribution >= 0.6 is 0 Å². The molecule has 3 aromatic rings. The molecule has 0 aliphatic heterocycles. The van der Waals surface area contributed by atoms with Gasteiger partial charge < -0.3 is 20.1 Å². The molecule has 0 atom stereocenters. The highest BCUT2D eigenvalue weighted by Gasteiger charge is 2.07. The van der Waals surface area contributed by atoms with Crippen molar-refractivity contribution >= 4 is 23.0 Å². The molecule has 0 saturated carbocycles. The number of ether oxygens (including phenoxy) is 2. The molecule has 2 N–H and O–H groups in total. The van der Waals surface area contributed by atoms with Gasteiger partial charge in [0.25, 0.3) is 0 Å². The molecular weight excluding hydrogens is 316 g/mol. The fourth-order valence-corrected chi connectivity index (χ4v) is 2.40. The summed E-state index contributed by atoms with van der Waals surface area (Å²) in [6.45, 7) is 2.05. The van der Waals surface area contributed by atoms with Crippen molar-refractivity contribution in [2.24, 2.45) is 0 Å². The zero-order chi connectivity index (χ0) is 17.6. The molecule has 0 amide bonds. The van der Waals surface area contributed by atoms with Crippen molar-refractivity contribution in [3.8, 4) is 11.5 Å². The van der Waals surface area contributed by atoms with E-state index in [0.717, 1.165) is 17.1 Å². The first-order chi connectivity index (χ1) is 12.2. The molecule has 0 fully saturated rings. The molecule has 0 unspecified atom stereocenters. The van der Waals surface area contributed by atoms with Crippen molar-refractivity contribution in [2.45, 2.75) is 6.92 Å². The Hall–Kier alpha value is -3.28. The van der Waals surface area contributed by atoms with Crippen LogP contribution in [0.15, 0.2) is 54.9 Å². The van der Waals surface area contributed by atoms with Crippen molar-refractivity contribution in [3.05, 3.63) is 60.4 Å². The summed E-state index contributed by atoms with van der Waals surface area (Å²) in [5.74, 6) is 2.77. The zero-order valence-electron chi connectivity index (χ0n) is 14.4. The molecule has 25 heavy (non-hydrogen) atoms. The minimum absolute atomic E-state index is 0.661. The Bertz CT molecular complexity index is 868. The van der Waals surface area contributed by atoms with Crippen molar-refractivity contribution in [1.82, 2.24) is 9.97 Å². The van der Waals surface area contributed by atoms with Gasteiger partial charge in [-0.25, -0.2) is 9.97 Å².